The molecule has 6 nitrogen and oxygen atoms in total. The van der Waals surface area contributed by atoms with E-state index in [4.69, 9.17) is 9.26 Å². The van der Waals surface area contributed by atoms with Crippen molar-refractivity contribution in [3.05, 3.63) is 41.0 Å². The number of carbonyl (C=O) groups is 1. The second-order valence-corrected chi connectivity index (χ2v) is 5.94. The topological polar surface area (TPSA) is 69.3 Å². The number of carbonyl (C=O) groups excluding carboxylic acids is 1. The van der Waals surface area contributed by atoms with Crippen LogP contribution in [0, 0.1) is 19.8 Å². The van der Waals surface area contributed by atoms with Gasteiger partial charge in [-0.05, 0) is 26.0 Å². The van der Waals surface area contributed by atoms with Crippen molar-refractivity contribution in [2.75, 3.05) is 13.2 Å². The predicted octanol–water partition coefficient (Wildman–Crippen LogP) is 1.62. The molecule has 1 aliphatic rings. The molecule has 0 aliphatic carbocycles. The molecule has 0 bridgehead atoms. The van der Waals surface area contributed by atoms with Crippen LogP contribution < -0.4 is 5.32 Å². The van der Waals surface area contributed by atoms with Gasteiger partial charge in [0.2, 0.25) is 0 Å². The molecule has 0 aromatic carbocycles. The monoisotopic (exact) mass is 303 g/mol. The molecule has 0 spiro atoms. The van der Waals surface area contributed by atoms with Gasteiger partial charge in [0.15, 0.2) is 0 Å². The van der Waals surface area contributed by atoms with Crippen LogP contribution in [0.25, 0.3) is 0 Å². The minimum Gasteiger partial charge on any atom is -0.379 e. The number of nitrogens with zero attached hydrogens (tertiary/aromatic N) is 2. The first kappa shape index (κ1) is 14.8. The van der Waals surface area contributed by atoms with Gasteiger partial charge in [0.1, 0.15) is 11.5 Å². The fraction of sp³-hybridized carbons (Fsp3) is 0.500. The molecule has 1 aliphatic heterocycles. The molecule has 22 heavy (non-hydrogen) atoms. The maximum atomic E-state index is 12.4. The van der Waals surface area contributed by atoms with E-state index in [1.54, 1.807) is 0 Å². The van der Waals surface area contributed by atoms with E-state index in [2.05, 4.69) is 10.5 Å². The molecule has 0 unspecified atom stereocenters. The highest BCUT2D eigenvalue weighted by Gasteiger charge is 2.31. The normalized spacial score (nSPS) is 21.2. The number of aryl methyl sites for hydroxylation is 2. The second-order valence-electron chi connectivity index (χ2n) is 5.94. The molecule has 1 saturated heterocycles. The minimum atomic E-state index is -0.0650. The maximum Gasteiger partial charge on any atom is 0.268 e. The van der Waals surface area contributed by atoms with Crippen LogP contribution in [0.2, 0.25) is 0 Å². The Kier molecular flexibility index (Phi) is 4.02. The zero-order chi connectivity index (χ0) is 15.7. The molecule has 3 rings (SSSR count). The number of hydrogen-bond acceptors (Lipinski definition) is 4. The van der Waals surface area contributed by atoms with Crippen molar-refractivity contribution >= 4 is 5.91 Å². The van der Waals surface area contributed by atoms with Gasteiger partial charge < -0.3 is 19.1 Å². The summed E-state index contributed by atoms with van der Waals surface area (Å²) in [6, 6.07) is 5.70. The highest BCUT2D eigenvalue weighted by Crippen LogP contribution is 2.20. The summed E-state index contributed by atoms with van der Waals surface area (Å²) >= 11 is 0. The summed E-state index contributed by atoms with van der Waals surface area (Å²) in [6.07, 6.45) is 0.720. The average Bonchev–Trinajstić information content (AvgIpc) is 3.16. The van der Waals surface area contributed by atoms with Gasteiger partial charge in [0, 0.05) is 31.1 Å². The van der Waals surface area contributed by atoms with Gasteiger partial charge in [-0.2, -0.15) is 0 Å². The lowest BCUT2D eigenvalue weighted by Crippen LogP contribution is -2.41. The second kappa shape index (κ2) is 5.96. The Morgan fingerprint density at radius 2 is 2.23 bits per heavy atom. The quantitative estimate of drug-likeness (QED) is 0.932. The number of rotatable bonds is 4. The summed E-state index contributed by atoms with van der Waals surface area (Å²) in [4.78, 5) is 12.4. The third-order valence-corrected chi connectivity index (χ3v) is 4.26. The summed E-state index contributed by atoms with van der Waals surface area (Å²) in [6.45, 7) is 5.03. The number of hydrogen-bond donors (Lipinski definition) is 1. The molecular formula is C16H21N3O3. The summed E-state index contributed by atoms with van der Waals surface area (Å²) in [5.41, 5.74) is 2.59. The van der Waals surface area contributed by atoms with Crippen molar-refractivity contribution in [3.63, 3.8) is 0 Å². The molecular weight excluding hydrogens is 282 g/mol. The van der Waals surface area contributed by atoms with E-state index in [1.807, 2.05) is 43.7 Å². The zero-order valence-electron chi connectivity index (χ0n) is 13.1. The first-order valence-electron chi connectivity index (χ1n) is 7.47. The molecule has 0 radical (unpaired) electrons. The molecule has 2 aromatic heterocycles. The molecule has 118 valence electrons. The van der Waals surface area contributed by atoms with E-state index in [1.165, 1.54) is 0 Å². The number of nitrogens with one attached hydrogen (secondary N) is 1. The molecule has 1 N–H and O–H groups in total. The van der Waals surface area contributed by atoms with Crippen molar-refractivity contribution < 1.29 is 14.1 Å². The Morgan fingerprint density at radius 3 is 2.86 bits per heavy atom. The highest BCUT2D eigenvalue weighted by atomic mass is 16.5. The van der Waals surface area contributed by atoms with E-state index < -0.39 is 0 Å². The van der Waals surface area contributed by atoms with Gasteiger partial charge >= 0.3 is 0 Å². The lowest BCUT2D eigenvalue weighted by atomic mass is 9.98. The summed E-state index contributed by atoms with van der Waals surface area (Å²) in [5, 5.41) is 6.98. The molecule has 1 amide bonds. The van der Waals surface area contributed by atoms with Crippen LogP contribution in [0.1, 0.15) is 27.6 Å². The third kappa shape index (κ3) is 2.92. The molecule has 2 atom stereocenters. The van der Waals surface area contributed by atoms with Crippen LogP contribution in [0.5, 0.6) is 0 Å². The SMILES string of the molecule is Cc1cc(C[C@H]2COC[C@H]2NC(=O)c2ccc(C)n2C)on1. The van der Waals surface area contributed by atoms with E-state index in [9.17, 15) is 4.79 Å². The van der Waals surface area contributed by atoms with Crippen LogP contribution in [0.3, 0.4) is 0 Å². The van der Waals surface area contributed by atoms with E-state index in [0.717, 1.165) is 23.6 Å². The molecule has 6 heteroatoms. The van der Waals surface area contributed by atoms with Gasteiger partial charge in [0.05, 0.1) is 24.9 Å². The predicted molar refractivity (Wildman–Crippen MR) is 80.7 cm³/mol. The van der Waals surface area contributed by atoms with E-state index in [0.29, 0.717) is 18.9 Å². The first-order valence-corrected chi connectivity index (χ1v) is 7.47. The van der Waals surface area contributed by atoms with Crippen molar-refractivity contribution in [2.45, 2.75) is 26.3 Å². The summed E-state index contributed by atoms with van der Waals surface area (Å²) in [7, 11) is 1.89. The van der Waals surface area contributed by atoms with Crippen LogP contribution >= 0.6 is 0 Å². The number of amides is 1. The van der Waals surface area contributed by atoms with Gasteiger partial charge in [0.25, 0.3) is 5.91 Å². The fourth-order valence-electron chi connectivity index (χ4n) is 2.81. The molecule has 1 fully saturated rings. The fourth-order valence-corrected chi connectivity index (χ4v) is 2.81. The van der Waals surface area contributed by atoms with Gasteiger partial charge in [-0.15, -0.1) is 0 Å². The van der Waals surface area contributed by atoms with E-state index in [-0.39, 0.29) is 17.9 Å². The standard InChI is InChI=1S/C16H21N3O3/c1-10-6-13(22-18-10)7-12-8-21-9-14(12)17-16(20)15-5-4-11(2)19(15)3/h4-6,12,14H,7-9H2,1-3H3,(H,17,20)/t12-,14+/m0/s1. The molecule has 0 saturated carbocycles. The van der Waals surface area contributed by atoms with Crippen LogP contribution in [-0.2, 0) is 18.2 Å². The smallest absolute Gasteiger partial charge is 0.268 e. The Balaban J connectivity index is 1.66. The summed E-state index contributed by atoms with van der Waals surface area (Å²) in [5.74, 6) is 0.976. The first-order chi connectivity index (χ1) is 10.5. The van der Waals surface area contributed by atoms with Crippen LogP contribution in [-0.4, -0.2) is 34.9 Å². The Labute approximate surface area is 129 Å². The van der Waals surface area contributed by atoms with Gasteiger partial charge in [-0.25, -0.2) is 0 Å². The third-order valence-electron chi connectivity index (χ3n) is 4.26. The van der Waals surface area contributed by atoms with Crippen molar-refractivity contribution in [3.8, 4) is 0 Å². The van der Waals surface area contributed by atoms with Crippen molar-refractivity contribution in [1.29, 1.82) is 0 Å². The Bertz CT molecular complexity index is 674. The number of aromatic nitrogens is 2. The zero-order valence-corrected chi connectivity index (χ0v) is 13.1. The van der Waals surface area contributed by atoms with Crippen molar-refractivity contribution in [2.24, 2.45) is 13.0 Å². The molecule has 3 heterocycles. The highest BCUT2D eigenvalue weighted by molar-refractivity contribution is 5.93. The minimum absolute atomic E-state index is 0.00638. The average molecular weight is 303 g/mol. The lowest BCUT2D eigenvalue weighted by Gasteiger charge is -2.18. The van der Waals surface area contributed by atoms with E-state index >= 15 is 0 Å². The van der Waals surface area contributed by atoms with Crippen LogP contribution in [0.15, 0.2) is 22.7 Å². The maximum absolute atomic E-state index is 12.4. The Morgan fingerprint density at radius 1 is 1.41 bits per heavy atom. The lowest BCUT2D eigenvalue weighted by molar-refractivity contribution is 0.0916. The Hall–Kier alpha value is -2.08. The number of ether oxygens (including phenoxy) is 1. The van der Waals surface area contributed by atoms with Gasteiger partial charge in [-0.1, -0.05) is 5.16 Å². The van der Waals surface area contributed by atoms with Crippen molar-refractivity contribution in [1.82, 2.24) is 15.0 Å². The van der Waals surface area contributed by atoms with Gasteiger partial charge in [-0.3, -0.25) is 4.79 Å². The van der Waals surface area contributed by atoms with Crippen LogP contribution in [0.4, 0.5) is 0 Å². The largest absolute Gasteiger partial charge is 0.379 e. The molecule has 2 aromatic rings. The summed E-state index contributed by atoms with van der Waals surface area (Å²) < 4.78 is 12.7.